The number of carbonyl (C=O) groups excluding carboxylic acids is 2. The number of anilines is 1. The smallest absolute Gasteiger partial charge is 0.262 e. The highest BCUT2D eigenvalue weighted by Gasteiger charge is 2.20. The molecule has 0 fully saturated rings. The van der Waals surface area contributed by atoms with Crippen LogP contribution in [-0.2, 0) is 24.2 Å². The first-order chi connectivity index (χ1) is 15.3. The molecule has 0 saturated carbocycles. The van der Waals surface area contributed by atoms with Crippen molar-refractivity contribution in [3.8, 4) is 0 Å². The average Bonchev–Trinajstić information content (AvgIpc) is 3.13. The molecule has 2 amide bonds. The normalized spacial score (nSPS) is 13.2. The molecule has 0 aliphatic heterocycles. The van der Waals surface area contributed by atoms with Crippen LogP contribution in [0.1, 0.15) is 59.5 Å². The molecular weight excluding hydrogens is 424 g/mol. The van der Waals surface area contributed by atoms with Crippen molar-refractivity contribution in [1.29, 1.82) is 0 Å². The van der Waals surface area contributed by atoms with Crippen LogP contribution >= 0.6 is 11.3 Å². The van der Waals surface area contributed by atoms with Gasteiger partial charge in [-0.2, -0.15) is 0 Å². The Morgan fingerprint density at radius 2 is 2.00 bits per heavy atom. The topological polar surface area (TPSA) is 93.1 Å². The number of carbonyl (C=O) groups is 2. The van der Waals surface area contributed by atoms with E-state index in [0.717, 1.165) is 47.0 Å². The van der Waals surface area contributed by atoms with Gasteiger partial charge in [-0.1, -0.05) is 6.07 Å². The van der Waals surface area contributed by atoms with E-state index >= 15 is 0 Å². The van der Waals surface area contributed by atoms with Gasteiger partial charge < -0.3 is 10.6 Å². The molecule has 8 heteroatoms. The Morgan fingerprint density at radius 1 is 1.22 bits per heavy atom. The maximum atomic E-state index is 13.0. The molecule has 0 bridgehead atoms. The fourth-order valence-corrected chi connectivity index (χ4v) is 5.29. The van der Waals surface area contributed by atoms with Crippen molar-refractivity contribution in [1.82, 2.24) is 14.9 Å². The summed E-state index contributed by atoms with van der Waals surface area (Å²) in [5.41, 5.74) is 3.02. The first-order valence-electron chi connectivity index (χ1n) is 11.0. The summed E-state index contributed by atoms with van der Waals surface area (Å²) >= 11 is 1.62. The zero-order chi connectivity index (χ0) is 22.8. The molecule has 4 rings (SSSR count). The number of amides is 2. The molecular formula is C24H28N4O3S. The highest BCUT2D eigenvalue weighted by atomic mass is 32.1. The molecule has 0 unspecified atom stereocenters. The number of fused-ring (bicyclic) bond motifs is 3. The number of aromatic nitrogens is 2. The van der Waals surface area contributed by atoms with Crippen molar-refractivity contribution in [3.63, 3.8) is 0 Å². The molecule has 0 atom stereocenters. The Labute approximate surface area is 190 Å². The van der Waals surface area contributed by atoms with Gasteiger partial charge >= 0.3 is 0 Å². The van der Waals surface area contributed by atoms with Crippen LogP contribution < -0.4 is 16.2 Å². The monoisotopic (exact) mass is 452 g/mol. The van der Waals surface area contributed by atoms with Crippen molar-refractivity contribution < 1.29 is 9.59 Å². The Morgan fingerprint density at radius 3 is 2.78 bits per heavy atom. The van der Waals surface area contributed by atoms with E-state index in [2.05, 4.69) is 15.6 Å². The van der Waals surface area contributed by atoms with Crippen LogP contribution in [0, 0.1) is 6.92 Å². The zero-order valence-corrected chi connectivity index (χ0v) is 19.5. The minimum absolute atomic E-state index is 0.0262. The summed E-state index contributed by atoms with van der Waals surface area (Å²) in [6.45, 7) is 5.92. The molecule has 0 radical (unpaired) electrons. The van der Waals surface area contributed by atoms with Crippen LogP contribution in [0.15, 0.2) is 29.3 Å². The highest BCUT2D eigenvalue weighted by Crippen LogP contribution is 2.33. The van der Waals surface area contributed by atoms with Gasteiger partial charge in [-0.3, -0.25) is 19.0 Å². The second kappa shape index (κ2) is 9.24. The van der Waals surface area contributed by atoms with E-state index in [1.165, 1.54) is 9.44 Å². The average molecular weight is 453 g/mol. The summed E-state index contributed by atoms with van der Waals surface area (Å²) in [6, 6.07) is 5.30. The van der Waals surface area contributed by atoms with Crippen LogP contribution in [0.25, 0.3) is 10.2 Å². The van der Waals surface area contributed by atoms with Crippen LogP contribution in [0.4, 0.5) is 5.69 Å². The minimum atomic E-state index is -0.219. The van der Waals surface area contributed by atoms with Crippen molar-refractivity contribution in [2.24, 2.45) is 0 Å². The molecule has 32 heavy (non-hydrogen) atoms. The maximum absolute atomic E-state index is 13.0. The number of rotatable bonds is 6. The van der Waals surface area contributed by atoms with Gasteiger partial charge in [0.25, 0.3) is 11.5 Å². The molecule has 2 aromatic heterocycles. The van der Waals surface area contributed by atoms with Gasteiger partial charge in [0.2, 0.25) is 5.91 Å². The Balaban J connectivity index is 1.45. The standard InChI is InChI=1S/C24H28N4O3S/c1-14(2)26-22(30)18-12-16(9-8-15(18)3)27-20(29)10-11-28-13-25-23-21(24(28)31)17-6-4-5-7-19(17)32-23/h8-9,12-14H,4-7,10-11H2,1-3H3,(H,26,30)(H,27,29). The Bertz CT molecular complexity index is 1240. The molecule has 7 nitrogen and oxygen atoms in total. The van der Waals surface area contributed by atoms with Crippen molar-refractivity contribution in [3.05, 3.63) is 56.4 Å². The number of hydrogen-bond donors (Lipinski definition) is 2. The number of benzene rings is 1. The molecule has 1 aliphatic carbocycles. The summed E-state index contributed by atoms with van der Waals surface area (Å²) in [4.78, 5) is 44.5. The van der Waals surface area contributed by atoms with E-state index in [4.69, 9.17) is 0 Å². The third-order valence-electron chi connectivity index (χ3n) is 5.71. The predicted molar refractivity (Wildman–Crippen MR) is 128 cm³/mol. The quantitative estimate of drug-likeness (QED) is 0.595. The molecule has 2 N–H and O–H groups in total. The first kappa shape index (κ1) is 22.2. The van der Waals surface area contributed by atoms with Gasteiger partial charge in [-0.15, -0.1) is 11.3 Å². The highest BCUT2D eigenvalue weighted by molar-refractivity contribution is 7.18. The van der Waals surface area contributed by atoms with E-state index in [1.54, 1.807) is 29.8 Å². The molecule has 1 aliphatic rings. The first-order valence-corrected chi connectivity index (χ1v) is 11.9. The second-order valence-corrected chi connectivity index (χ2v) is 9.67. The number of nitrogens with zero attached hydrogens (tertiary/aromatic N) is 2. The lowest BCUT2D eigenvalue weighted by Gasteiger charge is -2.13. The van der Waals surface area contributed by atoms with Gasteiger partial charge in [0.1, 0.15) is 4.83 Å². The van der Waals surface area contributed by atoms with Gasteiger partial charge in [0.05, 0.1) is 11.7 Å². The number of hydrogen-bond acceptors (Lipinski definition) is 5. The molecule has 0 saturated heterocycles. The van der Waals surface area contributed by atoms with Gasteiger partial charge in [-0.25, -0.2) is 4.98 Å². The molecule has 0 spiro atoms. The van der Waals surface area contributed by atoms with Gasteiger partial charge in [-0.05, 0) is 69.7 Å². The molecule has 2 heterocycles. The van der Waals surface area contributed by atoms with Crippen molar-refractivity contribution in [2.75, 3.05) is 5.32 Å². The molecule has 3 aromatic rings. The second-order valence-electron chi connectivity index (χ2n) is 8.59. The number of aryl methyl sites for hydroxylation is 4. The molecule has 1 aromatic carbocycles. The summed E-state index contributed by atoms with van der Waals surface area (Å²) in [5.74, 6) is -0.387. The van der Waals surface area contributed by atoms with Crippen LogP contribution in [0.3, 0.4) is 0 Å². The molecule has 168 valence electrons. The minimum Gasteiger partial charge on any atom is -0.350 e. The number of thiophene rings is 1. The Hall–Kier alpha value is -3.00. The lowest BCUT2D eigenvalue weighted by molar-refractivity contribution is -0.116. The van der Waals surface area contributed by atoms with E-state index in [1.807, 2.05) is 26.8 Å². The SMILES string of the molecule is Cc1ccc(NC(=O)CCn2cnc3sc4c(c3c2=O)CCCC4)cc1C(=O)NC(C)C. The summed E-state index contributed by atoms with van der Waals surface area (Å²) in [5, 5.41) is 6.44. The lowest BCUT2D eigenvalue weighted by atomic mass is 9.97. The van der Waals surface area contributed by atoms with Gasteiger partial charge in [0.15, 0.2) is 0 Å². The van der Waals surface area contributed by atoms with E-state index in [-0.39, 0.29) is 36.4 Å². The zero-order valence-electron chi connectivity index (χ0n) is 18.7. The number of nitrogens with one attached hydrogen (secondary N) is 2. The maximum Gasteiger partial charge on any atom is 0.262 e. The largest absolute Gasteiger partial charge is 0.350 e. The third-order valence-corrected chi connectivity index (χ3v) is 6.91. The third kappa shape index (κ3) is 4.60. The van der Waals surface area contributed by atoms with E-state index in [0.29, 0.717) is 11.3 Å². The van der Waals surface area contributed by atoms with Crippen molar-refractivity contribution in [2.45, 2.75) is 65.5 Å². The van der Waals surface area contributed by atoms with E-state index < -0.39 is 0 Å². The summed E-state index contributed by atoms with van der Waals surface area (Å²) < 4.78 is 1.53. The van der Waals surface area contributed by atoms with Crippen molar-refractivity contribution >= 4 is 39.1 Å². The Kier molecular flexibility index (Phi) is 6.41. The lowest BCUT2D eigenvalue weighted by Crippen LogP contribution is -2.30. The van der Waals surface area contributed by atoms with Crippen LogP contribution in [-0.4, -0.2) is 27.4 Å². The predicted octanol–water partition coefficient (Wildman–Crippen LogP) is 3.81. The fraction of sp³-hybridized carbons (Fsp3) is 0.417. The van der Waals surface area contributed by atoms with Crippen LogP contribution in [0.2, 0.25) is 0 Å². The van der Waals surface area contributed by atoms with Crippen LogP contribution in [0.5, 0.6) is 0 Å². The van der Waals surface area contributed by atoms with E-state index in [9.17, 15) is 14.4 Å². The fourth-order valence-electron chi connectivity index (χ4n) is 4.07. The summed E-state index contributed by atoms with van der Waals surface area (Å²) in [7, 11) is 0. The summed E-state index contributed by atoms with van der Waals surface area (Å²) in [6.07, 6.45) is 5.89. The van der Waals surface area contributed by atoms with Gasteiger partial charge in [0, 0.05) is 35.1 Å².